The van der Waals surface area contributed by atoms with Crippen molar-refractivity contribution in [1.82, 2.24) is 15.5 Å². The van der Waals surface area contributed by atoms with E-state index in [2.05, 4.69) is 17.6 Å². The minimum atomic E-state index is -0.938. The smallest absolute Gasteiger partial charge is 0.408 e. The van der Waals surface area contributed by atoms with E-state index < -0.39 is 29.7 Å². The summed E-state index contributed by atoms with van der Waals surface area (Å²) < 4.78 is 10.5. The van der Waals surface area contributed by atoms with E-state index in [9.17, 15) is 19.2 Å². The number of ether oxygens (including phenoxy) is 2. The Labute approximate surface area is 253 Å². The highest BCUT2D eigenvalue weighted by atomic mass is 16.6. The lowest BCUT2D eigenvalue weighted by Gasteiger charge is -2.35. The van der Waals surface area contributed by atoms with Crippen molar-refractivity contribution in [3.63, 3.8) is 0 Å². The Bertz CT molecular complexity index is 988. The second-order valence-electron chi connectivity index (χ2n) is 12.2. The molecule has 2 N–H and O–H groups in total. The summed E-state index contributed by atoms with van der Waals surface area (Å²) in [6, 6.07) is 5.68. The van der Waals surface area contributed by atoms with Crippen molar-refractivity contribution in [3.05, 3.63) is 35.4 Å². The monoisotopic (exact) mass is 589 g/mol. The van der Waals surface area contributed by atoms with Gasteiger partial charge in [-0.05, 0) is 64.5 Å². The van der Waals surface area contributed by atoms with Gasteiger partial charge in [0.15, 0.2) is 0 Å². The average molecular weight is 590 g/mol. The highest BCUT2D eigenvalue weighted by Gasteiger charge is 2.37. The van der Waals surface area contributed by atoms with E-state index in [1.54, 1.807) is 32.6 Å². The van der Waals surface area contributed by atoms with Gasteiger partial charge in [-0.1, -0.05) is 77.1 Å². The summed E-state index contributed by atoms with van der Waals surface area (Å²) in [5.41, 5.74) is 0.839. The molecule has 3 amide bonds. The van der Waals surface area contributed by atoms with Gasteiger partial charge < -0.3 is 25.0 Å². The van der Waals surface area contributed by atoms with Crippen molar-refractivity contribution in [1.29, 1.82) is 0 Å². The van der Waals surface area contributed by atoms with Crippen LogP contribution in [0.3, 0.4) is 0 Å². The number of benzene rings is 1. The Hall–Kier alpha value is -3.10. The first-order chi connectivity index (χ1) is 19.8. The number of rotatable bonds is 18. The number of amides is 3. The third kappa shape index (κ3) is 14.2. The van der Waals surface area contributed by atoms with Crippen LogP contribution < -0.4 is 10.6 Å². The van der Waals surface area contributed by atoms with Crippen molar-refractivity contribution in [2.45, 2.75) is 124 Å². The summed E-state index contributed by atoms with van der Waals surface area (Å²) in [6.45, 7) is 15.8. The Kier molecular flexibility index (Phi) is 16.8. The van der Waals surface area contributed by atoms with Crippen LogP contribution in [0.4, 0.5) is 4.79 Å². The van der Waals surface area contributed by atoms with E-state index in [4.69, 9.17) is 9.47 Å². The first kappa shape index (κ1) is 36.9. The topological polar surface area (TPSA) is 114 Å². The molecule has 0 fully saturated rings. The molecule has 0 aromatic heterocycles. The molecule has 0 aliphatic rings. The standard InChI is InChI=1S/C33H55N3O6/c1-9-11-12-13-14-17-22-36(31(39)27(23-24(3)4)35-32(40)42-33(6,7)8)29(26-19-16-15-18-25(26)5)30(38)34-21-20-28(37)41-10-2/h15-16,18-19,24,27,29H,9-14,17,20-23H2,1-8H3,(H,34,38)(H,35,40). The molecular weight excluding hydrogens is 534 g/mol. The van der Waals surface area contributed by atoms with Gasteiger partial charge in [0.25, 0.3) is 0 Å². The molecule has 0 spiro atoms. The number of carbonyl (C=O) groups excluding carboxylic acids is 4. The molecular formula is C33H55N3O6. The predicted octanol–water partition coefficient (Wildman–Crippen LogP) is 6.23. The Balaban J connectivity index is 3.43. The largest absolute Gasteiger partial charge is 0.466 e. The van der Waals surface area contributed by atoms with Crippen LogP contribution >= 0.6 is 0 Å². The highest BCUT2D eigenvalue weighted by Crippen LogP contribution is 2.27. The summed E-state index contributed by atoms with van der Waals surface area (Å²) in [6.07, 6.45) is 5.84. The van der Waals surface area contributed by atoms with Crippen molar-refractivity contribution in [2.75, 3.05) is 19.7 Å². The number of carbonyl (C=O) groups is 4. The van der Waals surface area contributed by atoms with Gasteiger partial charge in [-0.3, -0.25) is 14.4 Å². The quantitative estimate of drug-likeness (QED) is 0.155. The van der Waals surface area contributed by atoms with Crippen LogP contribution in [-0.2, 0) is 23.9 Å². The normalized spacial score (nSPS) is 12.8. The van der Waals surface area contributed by atoms with Gasteiger partial charge in [0.1, 0.15) is 17.7 Å². The van der Waals surface area contributed by atoms with E-state index in [0.717, 1.165) is 44.1 Å². The summed E-state index contributed by atoms with van der Waals surface area (Å²) in [5, 5.41) is 5.65. The summed E-state index contributed by atoms with van der Waals surface area (Å²) >= 11 is 0. The molecule has 0 saturated carbocycles. The second-order valence-corrected chi connectivity index (χ2v) is 12.2. The van der Waals surface area contributed by atoms with E-state index >= 15 is 0 Å². The molecule has 1 rings (SSSR count). The van der Waals surface area contributed by atoms with E-state index in [0.29, 0.717) is 18.5 Å². The summed E-state index contributed by atoms with van der Waals surface area (Å²) in [4.78, 5) is 54.5. The number of nitrogens with zero attached hydrogens (tertiary/aromatic N) is 1. The van der Waals surface area contributed by atoms with Gasteiger partial charge in [0, 0.05) is 13.1 Å². The Morgan fingerprint density at radius 1 is 0.952 bits per heavy atom. The number of hydrogen-bond acceptors (Lipinski definition) is 6. The number of hydrogen-bond donors (Lipinski definition) is 2. The SMILES string of the molecule is CCCCCCCCN(C(=O)C(CC(C)C)NC(=O)OC(C)(C)C)C(C(=O)NCCC(=O)OCC)c1ccccc1C. The fourth-order valence-electron chi connectivity index (χ4n) is 4.73. The predicted molar refractivity (Wildman–Crippen MR) is 166 cm³/mol. The fraction of sp³-hybridized carbons (Fsp3) is 0.697. The lowest BCUT2D eigenvalue weighted by Crippen LogP contribution is -2.53. The minimum absolute atomic E-state index is 0.0294. The molecule has 42 heavy (non-hydrogen) atoms. The van der Waals surface area contributed by atoms with E-state index in [-0.39, 0.29) is 37.3 Å². The first-order valence-electron chi connectivity index (χ1n) is 15.6. The van der Waals surface area contributed by atoms with Crippen LogP contribution in [0, 0.1) is 12.8 Å². The molecule has 0 heterocycles. The van der Waals surface area contributed by atoms with Gasteiger partial charge in [-0.25, -0.2) is 4.79 Å². The Morgan fingerprint density at radius 3 is 2.19 bits per heavy atom. The maximum absolute atomic E-state index is 14.3. The molecule has 2 atom stereocenters. The van der Waals surface area contributed by atoms with Crippen LogP contribution in [-0.4, -0.2) is 60.1 Å². The average Bonchev–Trinajstić information content (AvgIpc) is 2.88. The number of aryl methyl sites for hydroxylation is 1. The van der Waals surface area contributed by atoms with Gasteiger partial charge in [-0.2, -0.15) is 0 Å². The van der Waals surface area contributed by atoms with Gasteiger partial charge in [-0.15, -0.1) is 0 Å². The number of alkyl carbamates (subject to hydrolysis) is 1. The van der Waals surface area contributed by atoms with Crippen LogP contribution in [0.25, 0.3) is 0 Å². The summed E-state index contributed by atoms with van der Waals surface area (Å²) in [7, 11) is 0. The van der Waals surface area contributed by atoms with Crippen LogP contribution in [0.1, 0.15) is 117 Å². The van der Waals surface area contributed by atoms with E-state index in [1.807, 2.05) is 45.0 Å². The molecule has 0 aliphatic carbocycles. The first-order valence-corrected chi connectivity index (χ1v) is 15.6. The number of esters is 1. The van der Waals surface area contributed by atoms with Gasteiger partial charge in [0.05, 0.1) is 13.0 Å². The van der Waals surface area contributed by atoms with Crippen LogP contribution in [0.2, 0.25) is 0 Å². The molecule has 0 radical (unpaired) electrons. The molecule has 0 aliphatic heterocycles. The van der Waals surface area contributed by atoms with Crippen molar-refractivity contribution in [2.24, 2.45) is 5.92 Å². The third-order valence-corrected chi connectivity index (χ3v) is 6.71. The third-order valence-electron chi connectivity index (χ3n) is 6.71. The van der Waals surface area contributed by atoms with Crippen LogP contribution in [0.15, 0.2) is 24.3 Å². The molecule has 9 nitrogen and oxygen atoms in total. The van der Waals surface area contributed by atoms with Crippen molar-refractivity contribution >= 4 is 23.9 Å². The van der Waals surface area contributed by atoms with Crippen molar-refractivity contribution in [3.8, 4) is 0 Å². The van der Waals surface area contributed by atoms with Crippen LogP contribution in [0.5, 0.6) is 0 Å². The second kappa shape index (κ2) is 19.2. The number of unbranched alkanes of at least 4 members (excludes halogenated alkanes) is 5. The van der Waals surface area contributed by atoms with Crippen molar-refractivity contribution < 1.29 is 28.7 Å². The minimum Gasteiger partial charge on any atom is -0.466 e. The zero-order chi connectivity index (χ0) is 31.7. The maximum atomic E-state index is 14.3. The molecule has 9 heteroatoms. The zero-order valence-corrected chi connectivity index (χ0v) is 27.2. The molecule has 238 valence electrons. The van der Waals surface area contributed by atoms with Gasteiger partial charge in [0.2, 0.25) is 11.8 Å². The molecule has 2 unspecified atom stereocenters. The highest BCUT2D eigenvalue weighted by molar-refractivity contribution is 5.92. The molecule has 0 saturated heterocycles. The number of nitrogens with one attached hydrogen (secondary N) is 2. The van der Waals surface area contributed by atoms with E-state index in [1.165, 1.54) is 0 Å². The lowest BCUT2D eigenvalue weighted by molar-refractivity contribution is -0.144. The zero-order valence-electron chi connectivity index (χ0n) is 27.2. The summed E-state index contributed by atoms with van der Waals surface area (Å²) in [5.74, 6) is -1.02. The molecule has 0 bridgehead atoms. The Morgan fingerprint density at radius 2 is 1.60 bits per heavy atom. The lowest BCUT2D eigenvalue weighted by atomic mass is 9.96. The molecule has 1 aromatic rings. The maximum Gasteiger partial charge on any atom is 0.408 e. The van der Waals surface area contributed by atoms with Gasteiger partial charge >= 0.3 is 12.1 Å². The molecule has 1 aromatic carbocycles. The fourth-order valence-corrected chi connectivity index (χ4v) is 4.73.